The highest BCUT2D eigenvalue weighted by Crippen LogP contribution is 2.57. The third kappa shape index (κ3) is 7.10. The Hall–Kier alpha value is -7.11. The average molecular weight is 817 g/mol. The Morgan fingerprint density at radius 1 is 0.656 bits per heavy atom. The maximum Gasteiger partial charge on any atom is 0.255 e. The van der Waals surface area contributed by atoms with Crippen molar-refractivity contribution in [3.05, 3.63) is 155 Å². The molecule has 0 aromatic heterocycles. The van der Waals surface area contributed by atoms with Crippen molar-refractivity contribution in [2.45, 2.75) is 5.54 Å². The van der Waals surface area contributed by atoms with Crippen molar-refractivity contribution in [2.24, 2.45) is 5.73 Å². The summed E-state index contributed by atoms with van der Waals surface area (Å²) in [5, 5.41) is 13.7. The molecule has 1 aliphatic carbocycles. The van der Waals surface area contributed by atoms with E-state index in [1.54, 1.807) is 12.1 Å². The second-order valence-electron chi connectivity index (χ2n) is 15.8. The number of hydrogen-bond donors (Lipinski definition) is 1. The average Bonchev–Trinajstić information content (AvgIpc) is 3.48. The molecule has 4 aliphatic rings. The molecule has 0 unspecified atom stereocenters. The molecule has 5 aromatic carbocycles. The van der Waals surface area contributed by atoms with Gasteiger partial charge in [0.05, 0.1) is 12.0 Å². The molecule has 0 saturated carbocycles. The van der Waals surface area contributed by atoms with Gasteiger partial charge >= 0.3 is 0 Å². The van der Waals surface area contributed by atoms with Crippen molar-refractivity contribution in [2.75, 3.05) is 85.2 Å². The van der Waals surface area contributed by atoms with Crippen molar-refractivity contribution in [1.82, 2.24) is 9.48 Å². The zero-order valence-electron chi connectivity index (χ0n) is 36.4. The summed E-state index contributed by atoms with van der Waals surface area (Å²) >= 11 is 0. The largest absolute Gasteiger partial charge is 0.545 e. The molecule has 0 fully saturated rings. The molecule has 0 saturated heterocycles. The van der Waals surface area contributed by atoms with Crippen LogP contribution in [-0.4, -0.2) is 87.3 Å². The molecule has 9 rings (SSSR count). The van der Waals surface area contributed by atoms with E-state index in [9.17, 15) is 14.7 Å². The predicted molar refractivity (Wildman–Crippen MR) is 244 cm³/mol. The second kappa shape index (κ2) is 16.5. The highest BCUT2D eigenvalue weighted by atomic mass is 16.5. The van der Waals surface area contributed by atoms with Gasteiger partial charge in [-0.1, -0.05) is 54.6 Å². The molecule has 312 valence electrons. The first kappa shape index (κ1) is 42.0. The number of anilines is 3. The molecule has 2 N–H and O–H groups in total. The molecule has 1 spiro atoms. The standard InChI is InChI=1S/C25H25N3O2.C24H22N2O3.CH5N/c1-26(2)16-10-12-20-22(14-16)30-23-15-17(27(3)4)11-13-21(23)25(20)19-9-7-6-8-18(19)24(29)28(25)5;1-25(2)15-9-11-19-21(13-15)29-22-14-16(26(3)4)10-12-20(22)23(19)17-7-5-6-8-18(17)24(27)28;1-2/h6-15H,1-5H3;5-14H,1-4H3;2H2,1H3. The summed E-state index contributed by atoms with van der Waals surface area (Å²) in [5.41, 5.74) is 13.8. The molecule has 61 heavy (non-hydrogen) atoms. The summed E-state index contributed by atoms with van der Waals surface area (Å²) in [6, 6.07) is 39.3. The molecular formula is C50H52N6O5. The summed E-state index contributed by atoms with van der Waals surface area (Å²) in [6.07, 6.45) is 0. The van der Waals surface area contributed by atoms with E-state index in [1.165, 1.54) is 7.05 Å². The summed E-state index contributed by atoms with van der Waals surface area (Å²) in [4.78, 5) is 33.1. The minimum Gasteiger partial charge on any atom is -0.545 e. The Morgan fingerprint density at radius 2 is 1.20 bits per heavy atom. The van der Waals surface area contributed by atoms with Gasteiger partial charge in [-0.05, 0) is 54.6 Å². The van der Waals surface area contributed by atoms with Crippen LogP contribution in [0.4, 0.5) is 17.1 Å². The minimum atomic E-state index is -1.20. The van der Waals surface area contributed by atoms with Crippen molar-refractivity contribution in [3.8, 4) is 33.9 Å². The fraction of sp³-hybridized carbons (Fsp3) is 0.220. The zero-order valence-corrected chi connectivity index (χ0v) is 36.4. The fourth-order valence-electron chi connectivity index (χ4n) is 8.35. The smallest absolute Gasteiger partial charge is 0.255 e. The molecule has 3 aliphatic heterocycles. The highest BCUT2D eigenvalue weighted by Gasteiger charge is 2.54. The third-order valence-electron chi connectivity index (χ3n) is 11.5. The van der Waals surface area contributed by atoms with E-state index in [0.29, 0.717) is 16.9 Å². The van der Waals surface area contributed by atoms with E-state index in [1.807, 2.05) is 145 Å². The lowest BCUT2D eigenvalue weighted by molar-refractivity contribution is -0.254. The number of hydrogen-bond acceptors (Lipinski definition) is 9. The number of carbonyl (C=O) groups excluding carboxylic acids is 2. The van der Waals surface area contributed by atoms with Gasteiger partial charge < -0.3 is 44.4 Å². The van der Waals surface area contributed by atoms with Crippen LogP contribution in [0.5, 0.6) is 11.5 Å². The molecular weight excluding hydrogens is 765 g/mol. The number of fused-ring (bicyclic) bond motifs is 8. The SMILES string of the molecule is CN.CN(C)c1ccc2c(-c3ccccc3C(=O)[O-])c3ccc(=[N+](C)C)cc-3oc2c1.CN(C)c1ccc2c(c1)Oc1cc(N(C)C)ccc1C21c2ccccc2C(=O)N1C. The Kier molecular flexibility index (Phi) is 11.4. The maximum absolute atomic E-state index is 13.3. The molecule has 0 bridgehead atoms. The van der Waals surface area contributed by atoms with E-state index in [0.717, 1.165) is 72.7 Å². The lowest BCUT2D eigenvalue weighted by Crippen LogP contribution is -2.45. The molecule has 1 amide bonds. The Bertz CT molecular complexity index is 2800. The number of carboxylic acid groups (broad SMARTS) is 1. The van der Waals surface area contributed by atoms with Crippen LogP contribution < -0.4 is 40.2 Å². The summed E-state index contributed by atoms with van der Waals surface area (Å²) in [5.74, 6) is 1.08. The van der Waals surface area contributed by atoms with Crippen LogP contribution in [0.3, 0.4) is 0 Å². The Morgan fingerprint density at radius 3 is 1.77 bits per heavy atom. The van der Waals surface area contributed by atoms with Gasteiger partial charge in [-0.15, -0.1) is 0 Å². The highest BCUT2D eigenvalue weighted by molar-refractivity contribution is 6.07. The number of nitrogens with two attached hydrogens (primary N) is 1. The molecule has 11 nitrogen and oxygen atoms in total. The van der Waals surface area contributed by atoms with Crippen LogP contribution in [0.15, 0.2) is 126 Å². The normalized spacial score (nSPS) is 12.9. The van der Waals surface area contributed by atoms with E-state index < -0.39 is 11.5 Å². The van der Waals surface area contributed by atoms with Crippen molar-refractivity contribution in [1.29, 1.82) is 0 Å². The Balaban J connectivity index is 0.000000177. The van der Waals surface area contributed by atoms with E-state index in [4.69, 9.17) is 9.15 Å². The van der Waals surface area contributed by atoms with E-state index in [-0.39, 0.29) is 11.5 Å². The third-order valence-corrected chi connectivity index (χ3v) is 11.5. The van der Waals surface area contributed by atoms with Gasteiger partial charge in [0.1, 0.15) is 42.5 Å². The second-order valence-corrected chi connectivity index (χ2v) is 15.8. The summed E-state index contributed by atoms with van der Waals surface area (Å²) in [6.45, 7) is 0. The summed E-state index contributed by atoms with van der Waals surface area (Å²) in [7, 11) is 19.3. The van der Waals surface area contributed by atoms with Crippen LogP contribution >= 0.6 is 0 Å². The topological polar surface area (TPSA) is 122 Å². The van der Waals surface area contributed by atoms with Gasteiger partial charge in [0.15, 0.2) is 0 Å². The molecule has 5 aromatic rings. The maximum atomic E-state index is 13.3. The van der Waals surface area contributed by atoms with Gasteiger partial charge in [0.25, 0.3) is 5.91 Å². The minimum absolute atomic E-state index is 0.0257. The van der Waals surface area contributed by atoms with Crippen molar-refractivity contribution < 1.29 is 23.8 Å². The number of carbonyl (C=O) groups is 2. The van der Waals surface area contributed by atoms with Gasteiger partial charge in [-0.25, -0.2) is 4.58 Å². The number of nitrogens with zero attached hydrogens (tertiary/aromatic N) is 5. The van der Waals surface area contributed by atoms with Gasteiger partial charge in [0.2, 0.25) is 5.36 Å². The number of aromatic carboxylic acids is 1. The van der Waals surface area contributed by atoms with Crippen LogP contribution in [0.1, 0.15) is 37.4 Å². The summed E-state index contributed by atoms with van der Waals surface area (Å²) < 4.78 is 14.7. The first-order chi connectivity index (χ1) is 29.2. The van der Waals surface area contributed by atoms with Crippen LogP contribution in [-0.2, 0) is 5.54 Å². The van der Waals surface area contributed by atoms with Crippen molar-refractivity contribution >= 4 is 39.9 Å². The number of benzene rings is 6. The van der Waals surface area contributed by atoms with Gasteiger partial charge in [-0.2, -0.15) is 0 Å². The van der Waals surface area contributed by atoms with Crippen LogP contribution in [0.25, 0.3) is 33.4 Å². The van der Waals surface area contributed by atoms with Crippen LogP contribution in [0, 0.1) is 0 Å². The zero-order chi connectivity index (χ0) is 43.9. The lowest BCUT2D eigenvalue weighted by atomic mass is 9.75. The van der Waals surface area contributed by atoms with Crippen LogP contribution in [0.2, 0.25) is 0 Å². The lowest BCUT2D eigenvalue weighted by Gasteiger charge is -2.43. The Labute approximate surface area is 357 Å². The first-order valence-electron chi connectivity index (χ1n) is 20.0. The van der Waals surface area contributed by atoms with E-state index >= 15 is 0 Å². The molecule has 3 heterocycles. The fourth-order valence-corrected chi connectivity index (χ4v) is 8.35. The molecule has 0 atom stereocenters. The van der Waals surface area contributed by atoms with E-state index in [2.05, 4.69) is 58.0 Å². The monoisotopic (exact) mass is 816 g/mol. The number of amides is 1. The van der Waals surface area contributed by atoms with Gasteiger partial charge in [-0.3, -0.25) is 4.79 Å². The predicted octanol–water partition coefficient (Wildman–Crippen LogP) is 6.54. The first-order valence-corrected chi connectivity index (χ1v) is 20.0. The number of ether oxygens (including phenoxy) is 1. The quantitative estimate of drug-likeness (QED) is 0.153. The number of carboxylic acids is 1. The number of rotatable bonds is 5. The van der Waals surface area contributed by atoms with Crippen molar-refractivity contribution in [3.63, 3.8) is 0 Å². The van der Waals surface area contributed by atoms with Gasteiger partial charge in [0, 0.05) is 129 Å². The molecule has 0 radical (unpaired) electrons. The molecule has 11 heteroatoms.